The summed E-state index contributed by atoms with van der Waals surface area (Å²) >= 11 is 7.41. The molecule has 2 aromatic carbocycles. The molecule has 1 aliphatic heterocycles. The number of aliphatic imine (C=N–C) groups is 1. The molecule has 0 unspecified atom stereocenters. The highest BCUT2D eigenvalue weighted by Gasteiger charge is 2.23. The van der Waals surface area contributed by atoms with Crippen LogP contribution < -0.4 is 14.8 Å². The zero-order valence-corrected chi connectivity index (χ0v) is 17.1. The maximum absolute atomic E-state index is 13.0. The van der Waals surface area contributed by atoms with E-state index >= 15 is 0 Å². The Balaban J connectivity index is 1.79. The first kappa shape index (κ1) is 20.9. The average molecular weight is 435 g/mol. The minimum atomic E-state index is -0.453. The molecule has 0 saturated heterocycles. The molecule has 0 aliphatic carbocycles. The van der Waals surface area contributed by atoms with E-state index in [0.717, 1.165) is 17.3 Å². The van der Waals surface area contributed by atoms with Crippen LogP contribution in [-0.2, 0) is 16.2 Å². The highest BCUT2D eigenvalue weighted by molar-refractivity contribution is 8.18. The molecule has 6 nitrogen and oxygen atoms in total. The van der Waals surface area contributed by atoms with Gasteiger partial charge in [0.15, 0.2) is 16.7 Å². The van der Waals surface area contributed by atoms with Gasteiger partial charge < -0.3 is 14.8 Å². The van der Waals surface area contributed by atoms with E-state index in [9.17, 15) is 14.0 Å². The molecule has 2 amide bonds. The van der Waals surface area contributed by atoms with Crippen molar-refractivity contribution in [1.82, 2.24) is 5.32 Å². The summed E-state index contributed by atoms with van der Waals surface area (Å²) in [6.07, 6.45) is 1.60. The van der Waals surface area contributed by atoms with Gasteiger partial charge in [-0.15, -0.1) is 0 Å². The van der Waals surface area contributed by atoms with Gasteiger partial charge >= 0.3 is 0 Å². The predicted molar refractivity (Wildman–Crippen MR) is 111 cm³/mol. The molecule has 0 bridgehead atoms. The summed E-state index contributed by atoms with van der Waals surface area (Å²) in [4.78, 5) is 27.3. The Morgan fingerprint density at radius 3 is 2.69 bits per heavy atom. The SMILES string of the molecule is COc1cc(/C=C2/SC(NC(C)=O)=NC2=O)cc(Cl)c1OCc1ccc(F)cc1. The van der Waals surface area contributed by atoms with Crippen molar-refractivity contribution >= 4 is 46.4 Å². The summed E-state index contributed by atoms with van der Waals surface area (Å²) in [6.45, 7) is 1.52. The molecule has 1 heterocycles. The second-order valence-corrected chi connectivity index (χ2v) is 7.40. The summed E-state index contributed by atoms with van der Waals surface area (Å²) in [6, 6.07) is 9.22. The van der Waals surface area contributed by atoms with Gasteiger partial charge in [0.25, 0.3) is 5.91 Å². The second kappa shape index (κ2) is 9.11. The molecule has 1 aliphatic rings. The fraction of sp³-hybridized carbons (Fsp3) is 0.150. The lowest BCUT2D eigenvalue weighted by Crippen LogP contribution is -2.23. The molecule has 0 radical (unpaired) electrons. The Bertz CT molecular complexity index is 1020. The number of hydrogen-bond donors (Lipinski definition) is 1. The van der Waals surface area contributed by atoms with Crippen molar-refractivity contribution in [2.75, 3.05) is 7.11 Å². The molecule has 0 atom stereocenters. The van der Waals surface area contributed by atoms with Gasteiger partial charge in [0.05, 0.1) is 17.0 Å². The lowest BCUT2D eigenvalue weighted by molar-refractivity contribution is -0.117. The molecule has 2 aromatic rings. The van der Waals surface area contributed by atoms with E-state index in [1.165, 1.54) is 26.2 Å². The fourth-order valence-corrected chi connectivity index (χ4v) is 3.60. The standard InChI is InChI=1S/C20H16ClFN2O4S/c1-11(25)23-20-24-19(26)17(29-20)9-13-7-15(21)18(16(8-13)27-2)28-10-12-3-5-14(22)6-4-12/h3-9H,10H2,1-2H3,(H,23,24,25,26)/b17-9+. The van der Waals surface area contributed by atoms with Crippen LogP contribution in [-0.4, -0.2) is 24.1 Å². The first-order valence-corrected chi connectivity index (χ1v) is 9.60. The van der Waals surface area contributed by atoms with Crippen molar-refractivity contribution in [3.05, 3.63) is 63.3 Å². The number of benzene rings is 2. The molecule has 0 spiro atoms. The third kappa shape index (κ3) is 5.36. The monoisotopic (exact) mass is 434 g/mol. The van der Waals surface area contributed by atoms with E-state index in [0.29, 0.717) is 22.0 Å². The van der Waals surface area contributed by atoms with Gasteiger partial charge in [-0.1, -0.05) is 23.7 Å². The number of thioether (sulfide) groups is 1. The summed E-state index contributed by atoms with van der Waals surface area (Å²) in [5, 5.41) is 3.00. The van der Waals surface area contributed by atoms with Crippen molar-refractivity contribution in [3.63, 3.8) is 0 Å². The first-order chi connectivity index (χ1) is 13.9. The van der Waals surface area contributed by atoms with Gasteiger partial charge in [-0.25, -0.2) is 4.39 Å². The third-order valence-corrected chi connectivity index (χ3v) is 4.93. The van der Waals surface area contributed by atoms with Crippen LogP contribution in [0.4, 0.5) is 4.39 Å². The molecule has 1 N–H and O–H groups in total. The number of nitrogens with zero attached hydrogens (tertiary/aromatic N) is 1. The van der Waals surface area contributed by atoms with Crippen molar-refractivity contribution in [2.24, 2.45) is 4.99 Å². The number of ether oxygens (including phenoxy) is 2. The van der Waals surface area contributed by atoms with E-state index in [2.05, 4.69) is 10.3 Å². The molecule has 0 fully saturated rings. The zero-order chi connectivity index (χ0) is 21.0. The van der Waals surface area contributed by atoms with Crippen LogP contribution in [0.3, 0.4) is 0 Å². The zero-order valence-electron chi connectivity index (χ0n) is 15.5. The largest absolute Gasteiger partial charge is 0.493 e. The molecule has 150 valence electrons. The molecule has 0 saturated carbocycles. The van der Waals surface area contributed by atoms with Gasteiger partial charge in [-0.05, 0) is 53.2 Å². The van der Waals surface area contributed by atoms with Gasteiger partial charge in [-0.3, -0.25) is 9.59 Å². The number of methoxy groups -OCH3 is 1. The van der Waals surface area contributed by atoms with Crippen LogP contribution in [0.5, 0.6) is 11.5 Å². The molecular formula is C20H16ClFN2O4S. The Labute approximate surface area is 175 Å². The maximum Gasteiger partial charge on any atom is 0.286 e. The first-order valence-electron chi connectivity index (χ1n) is 8.40. The van der Waals surface area contributed by atoms with Crippen LogP contribution >= 0.6 is 23.4 Å². The van der Waals surface area contributed by atoms with Crippen LogP contribution in [0.1, 0.15) is 18.1 Å². The smallest absolute Gasteiger partial charge is 0.286 e. The van der Waals surface area contributed by atoms with Crippen molar-refractivity contribution < 1.29 is 23.5 Å². The molecule has 3 rings (SSSR count). The van der Waals surface area contributed by atoms with Crippen LogP contribution in [0.25, 0.3) is 6.08 Å². The minimum absolute atomic E-state index is 0.180. The van der Waals surface area contributed by atoms with Crippen molar-refractivity contribution in [3.8, 4) is 11.5 Å². The summed E-state index contributed by atoms with van der Waals surface area (Å²) < 4.78 is 24.1. The molecule has 29 heavy (non-hydrogen) atoms. The van der Waals surface area contributed by atoms with Gasteiger partial charge in [0, 0.05) is 6.92 Å². The van der Waals surface area contributed by atoms with Gasteiger partial charge in [0.2, 0.25) is 5.91 Å². The Morgan fingerprint density at radius 2 is 2.03 bits per heavy atom. The second-order valence-electron chi connectivity index (χ2n) is 5.96. The van der Waals surface area contributed by atoms with E-state index in [1.54, 1.807) is 30.3 Å². The van der Waals surface area contributed by atoms with E-state index < -0.39 is 5.91 Å². The van der Waals surface area contributed by atoms with Crippen molar-refractivity contribution in [2.45, 2.75) is 13.5 Å². The van der Waals surface area contributed by atoms with E-state index in [4.69, 9.17) is 21.1 Å². The van der Waals surface area contributed by atoms with Crippen LogP contribution in [0.2, 0.25) is 5.02 Å². The highest BCUT2D eigenvalue weighted by Crippen LogP contribution is 2.38. The number of carbonyl (C=O) groups excluding carboxylic acids is 2. The van der Waals surface area contributed by atoms with E-state index in [-0.39, 0.29) is 28.5 Å². The number of amides is 2. The molecular weight excluding hydrogens is 419 g/mol. The lowest BCUT2D eigenvalue weighted by Gasteiger charge is -2.13. The topological polar surface area (TPSA) is 77.0 Å². The lowest BCUT2D eigenvalue weighted by atomic mass is 10.1. The number of hydrogen-bond acceptors (Lipinski definition) is 5. The van der Waals surface area contributed by atoms with Gasteiger partial charge in [0.1, 0.15) is 12.4 Å². The highest BCUT2D eigenvalue weighted by atomic mass is 35.5. The maximum atomic E-state index is 13.0. The number of rotatable bonds is 5. The fourth-order valence-electron chi connectivity index (χ4n) is 2.46. The number of halogens is 2. The minimum Gasteiger partial charge on any atom is -0.493 e. The predicted octanol–water partition coefficient (Wildman–Crippen LogP) is 4.17. The molecule has 0 aromatic heterocycles. The Kier molecular flexibility index (Phi) is 6.56. The Morgan fingerprint density at radius 1 is 1.31 bits per heavy atom. The quantitative estimate of drug-likeness (QED) is 0.714. The van der Waals surface area contributed by atoms with Crippen molar-refractivity contribution in [1.29, 1.82) is 0 Å². The van der Waals surface area contributed by atoms with Crippen LogP contribution in [0.15, 0.2) is 46.3 Å². The third-order valence-electron chi connectivity index (χ3n) is 3.75. The van der Waals surface area contributed by atoms with E-state index in [1.807, 2.05) is 0 Å². The number of amidine groups is 1. The Hall–Kier alpha value is -2.84. The summed E-state index contributed by atoms with van der Waals surface area (Å²) in [7, 11) is 1.47. The average Bonchev–Trinajstić information content (AvgIpc) is 2.99. The normalized spacial score (nSPS) is 14.7. The number of carbonyl (C=O) groups is 2. The summed E-state index contributed by atoms with van der Waals surface area (Å²) in [5.74, 6) is -0.374. The number of nitrogens with one attached hydrogen (secondary N) is 1. The molecule has 9 heteroatoms. The van der Waals surface area contributed by atoms with Crippen LogP contribution in [0, 0.1) is 5.82 Å². The summed E-state index contributed by atoms with van der Waals surface area (Å²) in [5.41, 5.74) is 1.38. The van der Waals surface area contributed by atoms with Gasteiger partial charge in [-0.2, -0.15) is 4.99 Å².